The molecular formula is C55H40. The van der Waals surface area contributed by atoms with Crippen LogP contribution in [0, 0.1) is 0 Å². The van der Waals surface area contributed by atoms with Crippen LogP contribution in [0.15, 0.2) is 170 Å². The van der Waals surface area contributed by atoms with Crippen LogP contribution < -0.4 is 10.4 Å². The average molecular weight is 701 g/mol. The van der Waals surface area contributed by atoms with E-state index in [1.165, 1.54) is 110 Å². The Hall–Kier alpha value is -6.50. The van der Waals surface area contributed by atoms with Gasteiger partial charge in [-0.3, -0.25) is 0 Å². The van der Waals surface area contributed by atoms with Gasteiger partial charge in [0, 0.05) is 5.41 Å². The lowest BCUT2D eigenvalue weighted by Crippen LogP contribution is -2.31. The normalized spacial score (nSPS) is 13.9. The number of hydrogen-bond acceptors (Lipinski definition) is 0. The summed E-state index contributed by atoms with van der Waals surface area (Å²) in [6.07, 6.45) is 7.09. The molecular weight excluding hydrogens is 661 g/mol. The minimum Gasteiger partial charge on any atom is -0.0757 e. The van der Waals surface area contributed by atoms with E-state index < -0.39 is 0 Å². The topological polar surface area (TPSA) is 0 Å². The van der Waals surface area contributed by atoms with Crippen molar-refractivity contribution in [3.8, 4) is 55.6 Å². The van der Waals surface area contributed by atoms with E-state index in [9.17, 15) is 0 Å². The molecule has 0 nitrogen and oxygen atoms in total. The summed E-state index contributed by atoms with van der Waals surface area (Å²) in [4.78, 5) is 0. The van der Waals surface area contributed by atoms with Gasteiger partial charge in [-0.25, -0.2) is 0 Å². The third-order valence-corrected chi connectivity index (χ3v) is 12.5. The highest BCUT2D eigenvalue weighted by Gasteiger charge is 2.35. The molecule has 0 spiro atoms. The maximum atomic E-state index is 2.51. The Morgan fingerprint density at radius 2 is 0.927 bits per heavy atom. The smallest absolute Gasteiger partial charge is 0.0159 e. The second-order valence-corrected chi connectivity index (χ2v) is 15.9. The molecule has 55 heavy (non-hydrogen) atoms. The van der Waals surface area contributed by atoms with Gasteiger partial charge in [-0.1, -0.05) is 178 Å². The minimum atomic E-state index is -0.0737. The van der Waals surface area contributed by atoms with Crippen LogP contribution in [-0.2, 0) is 5.41 Å². The number of benzene rings is 9. The van der Waals surface area contributed by atoms with Crippen molar-refractivity contribution >= 4 is 44.5 Å². The van der Waals surface area contributed by atoms with Crippen LogP contribution in [0.2, 0.25) is 0 Å². The minimum absolute atomic E-state index is 0.0737. The van der Waals surface area contributed by atoms with Crippen molar-refractivity contribution in [3.05, 3.63) is 191 Å². The van der Waals surface area contributed by atoms with Gasteiger partial charge in [-0.05, 0) is 141 Å². The van der Waals surface area contributed by atoms with Crippen LogP contribution in [0.4, 0.5) is 0 Å². The predicted molar refractivity (Wildman–Crippen MR) is 236 cm³/mol. The molecule has 0 aromatic heterocycles. The summed E-state index contributed by atoms with van der Waals surface area (Å²) in [5, 5.41) is 10.4. The van der Waals surface area contributed by atoms with Gasteiger partial charge < -0.3 is 0 Å². The fourth-order valence-corrected chi connectivity index (χ4v) is 9.73. The van der Waals surface area contributed by atoms with Crippen molar-refractivity contribution in [3.63, 3.8) is 0 Å². The van der Waals surface area contributed by atoms with Crippen LogP contribution >= 0.6 is 0 Å². The summed E-state index contributed by atoms with van der Waals surface area (Å²) in [5.41, 5.74) is 15.7. The summed E-state index contributed by atoms with van der Waals surface area (Å²) in [6, 6.07) is 63.6. The first-order valence-corrected chi connectivity index (χ1v) is 19.7. The monoisotopic (exact) mass is 700 g/mol. The van der Waals surface area contributed by atoms with Gasteiger partial charge in [-0.2, -0.15) is 0 Å². The van der Waals surface area contributed by atoms with Gasteiger partial charge in [0.15, 0.2) is 0 Å². The van der Waals surface area contributed by atoms with E-state index >= 15 is 0 Å². The predicted octanol–water partition coefficient (Wildman–Crippen LogP) is 13.5. The zero-order valence-corrected chi connectivity index (χ0v) is 31.2. The summed E-state index contributed by atoms with van der Waals surface area (Å²) in [7, 11) is 0. The van der Waals surface area contributed by atoms with Crippen LogP contribution in [0.1, 0.15) is 37.8 Å². The van der Waals surface area contributed by atoms with Crippen LogP contribution in [0.3, 0.4) is 0 Å². The van der Waals surface area contributed by atoms with Crippen molar-refractivity contribution in [2.24, 2.45) is 0 Å². The molecule has 0 unspecified atom stereocenters. The maximum absolute atomic E-state index is 2.51. The van der Waals surface area contributed by atoms with Crippen molar-refractivity contribution in [2.75, 3.05) is 0 Å². The molecule has 0 radical (unpaired) electrons. The number of hydrogen-bond donors (Lipinski definition) is 0. The highest BCUT2D eigenvalue weighted by atomic mass is 14.4. The maximum Gasteiger partial charge on any atom is 0.0159 e. The van der Waals surface area contributed by atoms with E-state index in [0.717, 1.165) is 12.8 Å². The standard InChI is InChI=1S/C55H40/c1-55(2)51-21-10-9-17-45(51)46-30-29-42(34-52(46)55)54-48-19-8-7-18-47(48)53(38-25-23-37(24-26-38)44-20-11-15-36-13-5-6-16-43(36)44)49-31-28-41(33-50(49)54)40-27-22-35-12-3-4-14-39(35)32-40/h3-6,9-34H,7-8H2,1-2H3. The van der Waals surface area contributed by atoms with Crippen molar-refractivity contribution in [1.82, 2.24) is 0 Å². The highest BCUT2D eigenvalue weighted by molar-refractivity contribution is 6.08. The molecule has 0 bridgehead atoms. The quantitative estimate of drug-likeness (QED) is 0.171. The second kappa shape index (κ2) is 12.3. The average Bonchev–Trinajstić information content (AvgIpc) is 3.47. The molecule has 0 fully saturated rings. The molecule has 0 atom stereocenters. The van der Waals surface area contributed by atoms with Crippen LogP contribution in [0.25, 0.3) is 100 Å². The number of fused-ring (bicyclic) bond motifs is 7. The first kappa shape index (κ1) is 32.0. The van der Waals surface area contributed by atoms with Gasteiger partial charge >= 0.3 is 0 Å². The van der Waals surface area contributed by atoms with E-state index in [2.05, 4.69) is 196 Å². The van der Waals surface area contributed by atoms with Crippen molar-refractivity contribution in [2.45, 2.75) is 32.1 Å². The molecule has 0 saturated heterocycles. The van der Waals surface area contributed by atoms with Crippen LogP contribution in [-0.4, -0.2) is 0 Å². The molecule has 9 aromatic carbocycles. The summed E-state index contributed by atoms with van der Waals surface area (Å²) in [5.74, 6) is 0. The summed E-state index contributed by atoms with van der Waals surface area (Å²) in [6.45, 7) is 4.77. The molecule has 260 valence electrons. The Kier molecular flexibility index (Phi) is 7.13. The Morgan fingerprint density at radius 1 is 0.345 bits per heavy atom. The lowest BCUT2D eigenvalue weighted by molar-refractivity contribution is 0.660. The zero-order valence-electron chi connectivity index (χ0n) is 31.2. The fraction of sp³-hybridized carbons (Fsp3) is 0.0909. The molecule has 2 aliphatic rings. The molecule has 0 saturated carbocycles. The lowest BCUT2D eigenvalue weighted by atomic mass is 9.80. The number of rotatable bonds is 4. The van der Waals surface area contributed by atoms with Gasteiger partial charge in [0.25, 0.3) is 0 Å². The van der Waals surface area contributed by atoms with Crippen molar-refractivity contribution < 1.29 is 0 Å². The zero-order chi connectivity index (χ0) is 36.7. The van der Waals surface area contributed by atoms with Gasteiger partial charge in [0.2, 0.25) is 0 Å². The lowest BCUT2D eigenvalue weighted by Gasteiger charge is -2.23. The Bertz CT molecular complexity index is 3150. The first-order valence-electron chi connectivity index (χ1n) is 19.7. The van der Waals surface area contributed by atoms with Gasteiger partial charge in [0.1, 0.15) is 0 Å². The van der Waals surface area contributed by atoms with E-state index in [0.29, 0.717) is 0 Å². The molecule has 0 heterocycles. The Labute approximate surface area is 322 Å². The van der Waals surface area contributed by atoms with Crippen molar-refractivity contribution in [1.29, 1.82) is 0 Å². The largest absolute Gasteiger partial charge is 0.0757 e. The van der Waals surface area contributed by atoms with E-state index in [1.807, 2.05) is 0 Å². The highest BCUT2D eigenvalue weighted by Crippen LogP contribution is 2.50. The van der Waals surface area contributed by atoms with E-state index in [4.69, 9.17) is 0 Å². The molecule has 0 amide bonds. The van der Waals surface area contributed by atoms with E-state index in [-0.39, 0.29) is 5.41 Å². The molecule has 0 N–H and O–H groups in total. The summed E-state index contributed by atoms with van der Waals surface area (Å²) < 4.78 is 0. The fourth-order valence-electron chi connectivity index (χ4n) is 9.73. The Morgan fingerprint density at radius 3 is 1.76 bits per heavy atom. The third-order valence-electron chi connectivity index (χ3n) is 12.5. The molecule has 2 aliphatic carbocycles. The Balaban J connectivity index is 1.16. The van der Waals surface area contributed by atoms with Gasteiger partial charge in [-0.15, -0.1) is 0 Å². The van der Waals surface area contributed by atoms with Crippen LogP contribution in [0.5, 0.6) is 0 Å². The molecule has 9 aromatic rings. The third kappa shape index (κ3) is 4.98. The molecule has 11 rings (SSSR count). The van der Waals surface area contributed by atoms with E-state index in [1.54, 1.807) is 0 Å². The van der Waals surface area contributed by atoms with Gasteiger partial charge in [0.05, 0.1) is 0 Å². The SMILES string of the molecule is CC1(C)c2ccccc2-c2ccc(-c3c4c(c(-c5ccc(-c6cccc7ccccc67)cc5)c5ccc(-c6ccc7ccccc7c6)cc35)=CCCC=4)cc21. The molecule has 0 heteroatoms. The molecule has 0 aliphatic heterocycles. The first-order chi connectivity index (χ1) is 27.0. The summed E-state index contributed by atoms with van der Waals surface area (Å²) >= 11 is 0. The second-order valence-electron chi connectivity index (χ2n) is 15.9.